The molecule has 0 aliphatic carbocycles. The van der Waals surface area contributed by atoms with Gasteiger partial charge in [0.2, 0.25) is 5.91 Å². The molecule has 1 saturated heterocycles. The molecule has 6 heteroatoms. The fourth-order valence-electron chi connectivity index (χ4n) is 2.45. The number of carbonyl (C=O) groups excluding carboxylic acids is 2. The SMILES string of the molecule is CCOC(=O)c1c(NC(=O)[C@H]2CCCNC2)sc(C)c1C. The molecule has 2 N–H and O–H groups in total. The maximum Gasteiger partial charge on any atom is 0.341 e. The Balaban J connectivity index is 2.17. The molecule has 0 aromatic carbocycles. The second-order valence-electron chi connectivity index (χ2n) is 5.24. The molecule has 1 aromatic rings. The maximum atomic E-state index is 12.3. The molecule has 0 unspecified atom stereocenters. The lowest BCUT2D eigenvalue weighted by Crippen LogP contribution is -2.37. The van der Waals surface area contributed by atoms with E-state index < -0.39 is 0 Å². The molecule has 1 atom stereocenters. The molecule has 1 aromatic heterocycles. The lowest BCUT2D eigenvalue weighted by molar-refractivity contribution is -0.120. The van der Waals surface area contributed by atoms with Gasteiger partial charge < -0.3 is 15.4 Å². The van der Waals surface area contributed by atoms with Crippen LogP contribution < -0.4 is 10.6 Å². The molecular formula is C15H22N2O3S. The standard InChI is InChI=1S/C15H22N2O3S/c1-4-20-15(19)12-9(2)10(3)21-14(12)17-13(18)11-6-5-7-16-8-11/h11,16H,4-8H2,1-3H3,(H,17,18)/t11-/m0/s1. The van der Waals surface area contributed by atoms with Gasteiger partial charge in [-0.25, -0.2) is 4.79 Å². The van der Waals surface area contributed by atoms with E-state index in [9.17, 15) is 9.59 Å². The van der Waals surface area contributed by atoms with Crippen molar-refractivity contribution in [2.24, 2.45) is 5.92 Å². The first-order chi connectivity index (χ1) is 10.0. The van der Waals surface area contributed by atoms with Crippen LogP contribution in [0.5, 0.6) is 0 Å². The van der Waals surface area contributed by atoms with E-state index in [4.69, 9.17) is 4.74 Å². The van der Waals surface area contributed by atoms with Gasteiger partial charge in [0.05, 0.1) is 18.1 Å². The molecule has 1 amide bonds. The van der Waals surface area contributed by atoms with Gasteiger partial charge in [-0.3, -0.25) is 4.79 Å². The molecule has 0 bridgehead atoms. The Labute approximate surface area is 129 Å². The van der Waals surface area contributed by atoms with Crippen molar-refractivity contribution < 1.29 is 14.3 Å². The van der Waals surface area contributed by atoms with Gasteiger partial charge in [-0.15, -0.1) is 11.3 Å². The van der Waals surface area contributed by atoms with Crippen molar-refractivity contribution in [3.8, 4) is 0 Å². The first-order valence-electron chi connectivity index (χ1n) is 7.33. The summed E-state index contributed by atoms with van der Waals surface area (Å²) in [6.45, 7) is 7.60. The van der Waals surface area contributed by atoms with Crippen molar-refractivity contribution in [3.63, 3.8) is 0 Å². The molecule has 21 heavy (non-hydrogen) atoms. The number of thiophene rings is 1. The van der Waals surface area contributed by atoms with Crippen LogP contribution in [-0.4, -0.2) is 31.6 Å². The first-order valence-corrected chi connectivity index (χ1v) is 8.15. The van der Waals surface area contributed by atoms with Gasteiger partial charge in [0.15, 0.2) is 0 Å². The van der Waals surface area contributed by atoms with E-state index in [1.54, 1.807) is 6.92 Å². The molecule has 2 rings (SSSR count). The highest BCUT2D eigenvalue weighted by molar-refractivity contribution is 7.16. The van der Waals surface area contributed by atoms with Crippen molar-refractivity contribution >= 4 is 28.2 Å². The molecule has 2 heterocycles. The molecule has 5 nitrogen and oxygen atoms in total. The molecule has 0 spiro atoms. The fourth-order valence-corrected chi connectivity index (χ4v) is 3.51. The van der Waals surface area contributed by atoms with Crippen molar-refractivity contribution in [1.82, 2.24) is 5.32 Å². The predicted octanol–water partition coefficient (Wildman–Crippen LogP) is 2.48. The lowest BCUT2D eigenvalue weighted by Gasteiger charge is -2.21. The summed E-state index contributed by atoms with van der Waals surface area (Å²) in [5, 5.41) is 6.76. The molecule has 0 radical (unpaired) electrons. The molecule has 0 saturated carbocycles. The summed E-state index contributed by atoms with van der Waals surface area (Å²) in [6.07, 6.45) is 1.89. The average Bonchev–Trinajstić information content (AvgIpc) is 2.75. The summed E-state index contributed by atoms with van der Waals surface area (Å²) >= 11 is 1.43. The van der Waals surface area contributed by atoms with E-state index in [1.165, 1.54) is 11.3 Å². The second-order valence-corrected chi connectivity index (χ2v) is 6.47. The van der Waals surface area contributed by atoms with E-state index in [0.29, 0.717) is 23.7 Å². The summed E-state index contributed by atoms with van der Waals surface area (Å²) in [4.78, 5) is 25.4. The first kappa shape index (κ1) is 16.0. The average molecular weight is 310 g/mol. The van der Waals surface area contributed by atoms with Crippen LogP contribution in [-0.2, 0) is 9.53 Å². The van der Waals surface area contributed by atoms with Gasteiger partial charge in [-0.2, -0.15) is 0 Å². The Hall–Kier alpha value is -1.40. The van der Waals surface area contributed by atoms with Gasteiger partial charge in [-0.1, -0.05) is 0 Å². The molecule has 1 fully saturated rings. The zero-order valence-corrected chi connectivity index (χ0v) is 13.6. The highest BCUT2D eigenvalue weighted by Gasteiger charge is 2.26. The highest BCUT2D eigenvalue weighted by Crippen LogP contribution is 2.33. The van der Waals surface area contributed by atoms with Crippen LogP contribution in [0.25, 0.3) is 0 Å². The zero-order valence-electron chi connectivity index (χ0n) is 12.7. The summed E-state index contributed by atoms with van der Waals surface area (Å²) in [5.74, 6) is -0.415. The van der Waals surface area contributed by atoms with Crippen LogP contribution in [0.1, 0.15) is 40.6 Å². The van der Waals surface area contributed by atoms with E-state index in [0.717, 1.165) is 29.8 Å². The van der Waals surface area contributed by atoms with Gasteiger partial charge >= 0.3 is 5.97 Å². The molecule has 116 valence electrons. The minimum Gasteiger partial charge on any atom is -0.462 e. The smallest absolute Gasteiger partial charge is 0.341 e. The summed E-state index contributed by atoms with van der Waals surface area (Å²) in [6, 6.07) is 0. The van der Waals surface area contributed by atoms with Crippen molar-refractivity contribution in [1.29, 1.82) is 0 Å². The number of rotatable bonds is 4. The Morgan fingerprint density at radius 3 is 2.81 bits per heavy atom. The largest absolute Gasteiger partial charge is 0.462 e. The van der Waals surface area contributed by atoms with Crippen molar-refractivity contribution in [2.75, 3.05) is 25.0 Å². The molecule has 1 aliphatic rings. The van der Waals surface area contributed by atoms with Gasteiger partial charge in [0.25, 0.3) is 0 Å². The molecule has 1 aliphatic heterocycles. The Morgan fingerprint density at radius 2 is 2.19 bits per heavy atom. The van der Waals surface area contributed by atoms with Crippen LogP contribution in [0.4, 0.5) is 5.00 Å². The number of anilines is 1. The Bertz CT molecular complexity index is 533. The highest BCUT2D eigenvalue weighted by atomic mass is 32.1. The number of nitrogens with one attached hydrogen (secondary N) is 2. The number of hydrogen-bond acceptors (Lipinski definition) is 5. The van der Waals surface area contributed by atoms with Crippen LogP contribution in [0.15, 0.2) is 0 Å². The number of hydrogen-bond donors (Lipinski definition) is 2. The third-order valence-corrected chi connectivity index (χ3v) is 4.89. The van der Waals surface area contributed by atoms with Gasteiger partial charge in [-0.05, 0) is 45.7 Å². The number of ether oxygens (including phenoxy) is 1. The van der Waals surface area contributed by atoms with Crippen LogP contribution in [0.2, 0.25) is 0 Å². The number of carbonyl (C=O) groups is 2. The second kappa shape index (κ2) is 7.04. The van der Waals surface area contributed by atoms with E-state index in [1.807, 2.05) is 13.8 Å². The van der Waals surface area contributed by atoms with Crippen LogP contribution >= 0.6 is 11.3 Å². The third-order valence-electron chi connectivity index (χ3n) is 3.77. The molecular weight excluding hydrogens is 288 g/mol. The van der Waals surface area contributed by atoms with Crippen molar-refractivity contribution in [2.45, 2.75) is 33.6 Å². The summed E-state index contributed by atoms with van der Waals surface area (Å²) in [5.41, 5.74) is 1.38. The summed E-state index contributed by atoms with van der Waals surface area (Å²) in [7, 11) is 0. The Morgan fingerprint density at radius 1 is 1.43 bits per heavy atom. The third kappa shape index (κ3) is 3.63. The number of esters is 1. The Kier molecular flexibility index (Phi) is 5.36. The number of piperidine rings is 1. The normalized spacial score (nSPS) is 18.3. The van der Waals surface area contributed by atoms with Crippen molar-refractivity contribution in [3.05, 3.63) is 16.0 Å². The lowest BCUT2D eigenvalue weighted by atomic mass is 9.99. The fraction of sp³-hybridized carbons (Fsp3) is 0.600. The minimum atomic E-state index is -0.364. The van der Waals surface area contributed by atoms with Gasteiger partial charge in [0, 0.05) is 11.4 Å². The van der Waals surface area contributed by atoms with E-state index in [2.05, 4.69) is 10.6 Å². The van der Waals surface area contributed by atoms with E-state index >= 15 is 0 Å². The van der Waals surface area contributed by atoms with Crippen LogP contribution in [0, 0.1) is 19.8 Å². The predicted molar refractivity (Wildman–Crippen MR) is 84.0 cm³/mol. The van der Waals surface area contributed by atoms with Gasteiger partial charge in [0.1, 0.15) is 5.00 Å². The number of aryl methyl sites for hydroxylation is 1. The topological polar surface area (TPSA) is 67.4 Å². The summed E-state index contributed by atoms with van der Waals surface area (Å²) < 4.78 is 5.09. The minimum absolute atomic E-state index is 0.0194. The monoisotopic (exact) mass is 310 g/mol. The van der Waals surface area contributed by atoms with E-state index in [-0.39, 0.29) is 17.8 Å². The maximum absolute atomic E-state index is 12.3. The number of amides is 1. The zero-order chi connectivity index (χ0) is 15.4. The van der Waals surface area contributed by atoms with Crippen LogP contribution in [0.3, 0.4) is 0 Å². The quantitative estimate of drug-likeness (QED) is 0.838.